The molecule has 1 aromatic rings. The molecular weight excluding hydrogens is 223 g/mol. The molecule has 2 rings (SSSR count). The summed E-state index contributed by atoms with van der Waals surface area (Å²) in [6.45, 7) is 1.52. The Morgan fingerprint density at radius 2 is 2.29 bits per heavy atom. The first-order chi connectivity index (χ1) is 8.24. The molecule has 1 atom stereocenters. The fraction of sp³-hybridized carbons (Fsp3) is 0.538. The van der Waals surface area contributed by atoms with Crippen molar-refractivity contribution in [3.8, 4) is 5.75 Å². The van der Waals surface area contributed by atoms with E-state index in [4.69, 9.17) is 9.47 Å². The lowest BCUT2D eigenvalue weighted by Crippen LogP contribution is -2.29. The molecule has 0 radical (unpaired) electrons. The van der Waals surface area contributed by atoms with Crippen LogP contribution in [-0.4, -0.2) is 32.0 Å². The second kappa shape index (κ2) is 5.47. The molecule has 94 valence electrons. The van der Waals surface area contributed by atoms with Gasteiger partial charge in [-0.2, -0.15) is 0 Å². The van der Waals surface area contributed by atoms with E-state index in [1.165, 1.54) is 13.2 Å². The van der Waals surface area contributed by atoms with Crippen LogP contribution in [0.1, 0.15) is 17.9 Å². The lowest BCUT2D eigenvalue weighted by atomic mass is 9.88. The Balaban J connectivity index is 2.09. The molecule has 0 saturated carbocycles. The number of hydrogen-bond donors (Lipinski definition) is 1. The molecule has 1 fully saturated rings. The van der Waals surface area contributed by atoms with E-state index in [0.29, 0.717) is 5.92 Å². The standard InChI is InChI=1S/C13H17FO3/c1-16-13-3-2-10(5-12(13)14)11(6-15)4-9-7-17-8-9/h2-3,5,9,11,15H,4,6-8H2,1H3. The molecule has 0 aromatic heterocycles. The van der Waals surface area contributed by atoms with Crippen LogP contribution in [-0.2, 0) is 4.74 Å². The summed E-state index contributed by atoms with van der Waals surface area (Å²) in [5.41, 5.74) is 0.817. The zero-order valence-electron chi connectivity index (χ0n) is 9.86. The third-order valence-electron chi connectivity index (χ3n) is 3.19. The Bertz CT molecular complexity index is 377. The van der Waals surface area contributed by atoms with Gasteiger partial charge in [-0.25, -0.2) is 4.39 Å². The molecule has 0 amide bonds. The maximum absolute atomic E-state index is 13.5. The molecule has 17 heavy (non-hydrogen) atoms. The number of aliphatic hydroxyl groups excluding tert-OH is 1. The zero-order chi connectivity index (χ0) is 12.3. The molecular formula is C13H17FO3. The van der Waals surface area contributed by atoms with Gasteiger partial charge in [0, 0.05) is 18.4 Å². The highest BCUT2D eigenvalue weighted by atomic mass is 19.1. The van der Waals surface area contributed by atoms with Crippen LogP contribution in [0.4, 0.5) is 4.39 Å². The molecule has 0 spiro atoms. The molecule has 3 nitrogen and oxygen atoms in total. The van der Waals surface area contributed by atoms with Gasteiger partial charge in [-0.05, 0) is 24.1 Å². The van der Waals surface area contributed by atoms with E-state index in [0.717, 1.165) is 25.2 Å². The third-order valence-corrected chi connectivity index (χ3v) is 3.19. The first kappa shape index (κ1) is 12.3. The fourth-order valence-corrected chi connectivity index (χ4v) is 2.08. The molecule has 1 heterocycles. The van der Waals surface area contributed by atoms with Crippen LogP contribution in [0.3, 0.4) is 0 Å². The van der Waals surface area contributed by atoms with Gasteiger partial charge in [0.1, 0.15) is 0 Å². The van der Waals surface area contributed by atoms with Gasteiger partial charge in [-0.1, -0.05) is 6.07 Å². The van der Waals surface area contributed by atoms with Crippen molar-refractivity contribution in [2.45, 2.75) is 12.3 Å². The van der Waals surface area contributed by atoms with E-state index < -0.39 is 0 Å². The Morgan fingerprint density at radius 1 is 1.53 bits per heavy atom. The lowest BCUT2D eigenvalue weighted by Gasteiger charge is -2.29. The Morgan fingerprint density at radius 3 is 2.76 bits per heavy atom. The molecule has 1 aliphatic rings. The normalized spacial score (nSPS) is 17.6. The van der Waals surface area contributed by atoms with Crippen LogP contribution in [0.15, 0.2) is 18.2 Å². The maximum Gasteiger partial charge on any atom is 0.165 e. The van der Waals surface area contributed by atoms with Crippen molar-refractivity contribution in [2.75, 3.05) is 26.9 Å². The van der Waals surface area contributed by atoms with Crippen LogP contribution >= 0.6 is 0 Å². The van der Waals surface area contributed by atoms with Gasteiger partial charge < -0.3 is 14.6 Å². The zero-order valence-corrected chi connectivity index (χ0v) is 9.86. The van der Waals surface area contributed by atoms with Crippen LogP contribution in [0, 0.1) is 11.7 Å². The summed E-state index contributed by atoms with van der Waals surface area (Å²) < 4.78 is 23.5. The third kappa shape index (κ3) is 2.76. The molecule has 1 unspecified atom stereocenters. The average Bonchev–Trinajstić information content (AvgIpc) is 2.28. The number of halogens is 1. The molecule has 4 heteroatoms. The van der Waals surface area contributed by atoms with Gasteiger partial charge in [0.05, 0.1) is 20.3 Å². The summed E-state index contributed by atoms with van der Waals surface area (Å²) >= 11 is 0. The van der Waals surface area contributed by atoms with Gasteiger partial charge in [0.2, 0.25) is 0 Å². The van der Waals surface area contributed by atoms with Gasteiger partial charge >= 0.3 is 0 Å². The molecule has 1 saturated heterocycles. The van der Waals surface area contributed by atoms with Crippen molar-refractivity contribution in [1.29, 1.82) is 0 Å². The second-order valence-electron chi connectivity index (χ2n) is 4.41. The molecule has 0 aliphatic carbocycles. The van der Waals surface area contributed by atoms with Crippen LogP contribution in [0.5, 0.6) is 5.75 Å². The van der Waals surface area contributed by atoms with E-state index in [-0.39, 0.29) is 24.1 Å². The molecule has 1 aromatic carbocycles. The number of rotatable bonds is 5. The molecule has 0 bridgehead atoms. The van der Waals surface area contributed by atoms with E-state index in [1.807, 2.05) is 6.07 Å². The summed E-state index contributed by atoms with van der Waals surface area (Å²) in [6, 6.07) is 4.85. The quantitative estimate of drug-likeness (QED) is 0.855. The first-order valence-electron chi connectivity index (χ1n) is 5.76. The first-order valence-corrected chi connectivity index (χ1v) is 5.76. The van der Waals surface area contributed by atoms with Crippen LogP contribution in [0.25, 0.3) is 0 Å². The van der Waals surface area contributed by atoms with E-state index in [1.54, 1.807) is 6.07 Å². The van der Waals surface area contributed by atoms with Gasteiger partial charge in [0.15, 0.2) is 11.6 Å². The highest BCUT2D eigenvalue weighted by Crippen LogP contribution is 2.29. The summed E-state index contributed by atoms with van der Waals surface area (Å²) in [5.74, 6) is 0.312. The highest BCUT2D eigenvalue weighted by Gasteiger charge is 2.24. The molecule has 1 aliphatic heterocycles. The second-order valence-corrected chi connectivity index (χ2v) is 4.41. The van der Waals surface area contributed by atoms with Crippen LogP contribution in [0.2, 0.25) is 0 Å². The van der Waals surface area contributed by atoms with Crippen molar-refractivity contribution >= 4 is 0 Å². The Hall–Kier alpha value is -1.13. The van der Waals surface area contributed by atoms with Gasteiger partial charge in [-0.3, -0.25) is 0 Å². The minimum atomic E-state index is -0.381. The lowest BCUT2D eigenvalue weighted by molar-refractivity contribution is -0.0405. The minimum Gasteiger partial charge on any atom is -0.494 e. The number of aliphatic hydroxyl groups is 1. The summed E-state index contributed by atoms with van der Waals surface area (Å²) in [4.78, 5) is 0. The smallest absolute Gasteiger partial charge is 0.165 e. The highest BCUT2D eigenvalue weighted by molar-refractivity contribution is 5.31. The SMILES string of the molecule is COc1ccc(C(CO)CC2COC2)cc1F. The Labute approximate surface area is 100 Å². The predicted molar refractivity (Wildman–Crippen MR) is 61.7 cm³/mol. The average molecular weight is 240 g/mol. The van der Waals surface area contributed by atoms with Crippen LogP contribution < -0.4 is 4.74 Å². The molecule has 1 N–H and O–H groups in total. The Kier molecular flexibility index (Phi) is 3.97. The summed E-state index contributed by atoms with van der Waals surface area (Å²) in [5, 5.41) is 9.37. The summed E-state index contributed by atoms with van der Waals surface area (Å²) in [6.07, 6.45) is 0.836. The predicted octanol–water partition coefficient (Wildman–Crippen LogP) is 1.95. The van der Waals surface area contributed by atoms with E-state index in [9.17, 15) is 9.50 Å². The van der Waals surface area contributed by atoms with Crippen molar-refractivity contribution in [2.24, 2.45) is 5.92 Å². The number of benzene rings is 1. The monoisotopic (exact) mass is 240 g/mol. The van der Waals surface area contributed by atoms with E-state index >= 15 is 0 Å². The number of methoxy groups -OCH3 is 1. The number of ether oxygens (including phenoxy) is 2. The summed E-state index contributed by atoms with van der Waals surface area (Å²) in [7, 11) is 1.44. The fourth-order valence-electron chi connectivity index (χ4n) is 2.08. The van der Waals surface area contributed by atoms with Gasteiger partial charge in [0.25, 0.3) is 0 Å². The maximum atomic E-state index is 13.5. The largest absolute Gasteiger partial charge is 0.494 e. The van der Waals surface area contributed by atoms with Crippen molar-refractivity contribution in [3.63, 3.8) is 0 Å². The van der Waals surface area contributed by atoms with Gasteiger partial charge in [-0.15, -0.1) is 0 Å². The van der Waals surface area contributed by atoms with E-state index in [2.05, 4.69) is 0 Å². The van der Waals surface area contributed by atoms with Crippen molar-refractivity contribution in [1.82, 2.24) is 0 Å². The minimum absolute atomic E-state index is 0.0238. The van der Waals surface area contributed by atoms with Crippen molar-refractivity contribution in [3.05, 3.63) is 29.6 Å². The van der Waals surface area contributed by atoms with Crippen molar-refractivity contribution < 1.29 is 19.0 Å². The number of hydrogen-bond acceptors (Lipinski definition) is 3. The topological polar surface area (TPSA) is 38.7 Å².